The highest BCUT2D eigenvalue weighted by Crippen LogP contribution is 2.61. The molecule has 0 saturated heterocycles. The molecule has 0 spiro atoms. The van der Waals surface area contributed by atoms with E-state index >= 15 is 0 Å². The summed E-state index contributed by atoms with van der Waals surface area (Å²) in [5, 5.41) is 9.64. The van der Waals surface area contributed by atoms with Gasteiger partial charge in [0.2, 0.25) is 0 Å². The second kappa shape index (κ2) is 8.17. The molecular formula is C28H40O2. The van der Waals surface area contributed by atoms with E-state index < -0.39 is 0 Å². The number of carbonyl (C=O) groups is 1. The van der Waals surface area contributed by atoms with Crippen molar-refractivity contribution in [3.05, 3.63) is 40.6 Å². The minimum Gasteiger partial charge on any atom is -0.515 e. The average molecular weight is 409 g/mol. The fraction of sp³-hybridized carbons (Fsp3) is 0.679. The number of allylic oxidation sites excluding steroid dienone is 1. The molecular weight excluding hydrogens is 368 g/mol. The van der Waals surface area contributed by atoms with E-state index in [4.69, 9.17) is 0 Å². The van der Waals surface area contributed by atoms with Crippen molar-refractivity contribution in [3.8, 4) is 0 Å². The zero-order valence-electron chi connectivity index (χ0n) is 19.6. The van der Waals surface area contributed by atoms with Gasteiger partial charge in [-0.25, -0.2) is 0 Å². The molecule has 0 unspecified atom stereocenters. The van der Waals surface area contributed by atoms with Gasteiger partial charge in [0.15, 0.2) is 5.78 Å². The third-order valence-electron chi connectivity index (χ3n) is 9.39. The third-order valence-corrected chi connectivity index (χ3v) is 9.39. The third kappa shape index (κ3) is 3.45. The smallest absolute Gasteiger partial charge is 0.166 e. The second-order valence-electron chi connectivity index (χ2n) is 11.1. The van der Waals surface area contributed by atoms with Crippen LogP contribution < -0.4 is 0 Å². The molecule has 0 bridgehead atoms. The zero-order valence-corrected chi connectivity index (χ0v) is 19.6. The van der Waals surface area contributed by atoms with E-state index in [1.54, 1.807) is 5.56 Å². The van der Waals surface area contributed by atoms with E-state index in [0.717, 1.165) is 48.3 Å². The maximum atomic E-state index is 12.2. The average Bonchev–Trinajstić information content (AvgIpc) is 3.08. The maximum Gasteiger partial charge on any atom is 0.166 e. The van der Waals surface area contributed by atoms with Crippen LogP contribution >= 0.6 is 0 Å². The molecule has 1 aromatic rings. The Morgan fingerprint density at radius 1 is 1.07 bits per heavy atom. The molecule has 0 amide bonds. The van der Waals surface area contributed by atoms with Crippen LogP contribution in [0.25, 0.3) is 5.57 Å². The molecule has 1 aromatic carbocycles. The molecule has 1 saturated carbocycles. The van der Waals surface area contributed by atoms with Gasteiger partial charge in [0, 0.05) is 6.42 Å². The number of aliphatic hydroxyl groups excluding tert-OH is 1. The summed E-state index contributed by atoms with van der Waals surface area (Å²) >= 11 is 0. The van der Waals surface area contributed by atoms with Crippen molar-refractivity contribution in [1.82, 2.24) is 0 Å². The van der Waals surface area contributed by atoms with Gasteiger partial charge in [-0.1, -0.05) is 59.6 Å². The van der Waals surface area contributed by atoms with E-state index in [-0.39, 0.29) is 5.78 Å². The van der Waals surface area contributed by atoms with Crippen molar-refractivity contribution in [2.24, 2.45) is 29.1 Å². The largest absolute Gasteiger partial charge is 0.515 e. The molecule has 30 heavy (non-hydrogen) atoms. The van der Waals surface area contributed by atoms with Crippen LogP contribution in [-0.2, 0) is 17.6 Å². The second-order valence-corrected chi connectivity index (χ2v) is 11.1. The first-order valence-electron chi connectivity index (χ1n) is 12.3. The van der Waals surface area contributed by atoms with Gasteiger partial charge in [-0.05, 0) is 89.4 Å². The standard InChI is InChI=1S/C28H40O2/c1-17(2)18(3)6-7-19(4)25-11-12-26-23-9-8-21-20(10-13-27(30)24(21)16-29)22(23)14-15-28(25,26)5/h8-9,16-19,25-26,29H,6-7,10-15H2,1-5H3/b24-16+/t18-,19+,25+,26+,28+/m0/s1. The number of benzene rings is 1. The van der Waals surface area contributed by atoms with Crippen LogP contribution in [0.4, 0.5) is 0 Å². The number of ketones is 1. The number of aliphatic hydroxyl groups is 1. The molecule has 0 heterocycles. The van der Waals surface area contributed by atoms with E-state index in [1.807, 2.05) is 0 Å². The normalized spacial score (nSPS) is 31.4. The molecule has 3 aliphatic rings. The molecule has 0 aromatic heterocycles. The van der Waals surface area contributed by atoms with Gasteiger partial charge >= 0.3 is 0 Å². The summed E-state index contributed by atoms with van der Waals surface area (Å²) in [6, 6.07) is 4.42. The van der Waals surface area contributed by atoms with Gasteiger partial charge in [0.1, 0.15) is 0 Å². The lowest BCUT2D eigenvalue weighted by atomic mass is 9.59. The Bertz CT molecular complexity index is 848. The molecule has 0 aliphatic heterocycles. The lowest BCUT2D eigenvalue weighted by Crippen LogP contribution is -2.36. The first kappa shape index (κ1) is 21.7. The number of fused-ring (bicyclic) bond motifs is 5. The van der Waals surface area contributed by atoms with Crippen molar-refractivity contribution < 1.29 is 9.90 Å². The molecule has 5 atom stereocenters. The van der Waals surface area contributed by atoms with Gasteiger partial charge < -0.3 is 5.11 Å². The number of hydrogen-bond donors (Lipinski definition) is 1. The fourth-order valence-electron chi connectivity index (χ4n) is 7.06. The van der Waals surface area contributed by atoms with Gasteiger partial charge in [-0.3, -0.25) is 4.79 Å². The van der Waals surface area contributed by atoms with Crippen LogP contribution in [0.2, 0.25) is 0 Å². The number of hydrogen-bond acceptors (Lipinski definition) is 2. The van der Waals surface area contributed by atoms with Crippen molar-refractivity contribution in [2.45, 2.75) is 91.9 Å². The van der Waals surface area contributed by atoms with Gasteiger partial charge in [0.05, 0.1) is 11.8 Å². The van der Waals surface area contributed by atoms with E-state index in [0.29, 0.717) is 23.3 Å². The molecule has 164 valence electrons. The Morgan fingerprint density at radius 3 is 2.53 bits per heavy atom. The van der Waals surface area contributed by atoms with Crippen molar-refractivity contribution in [2.75, 3.05) is 0 Å². The Morgan fingerprint density at radius 2 is 1.83 bits per heavy atom. The van der Waals surface area contributed by atoms with Crippen molar-refractivity contribution in [3.63, 3.8) is 0 Å². The van der Waals surface area contributed by atoms with Crippen LogP contribution in [0, 0.1) is 29.1 Å². The Labute approximate surface area is 183 Å². The lowest BCUT2D eigenvalue weighted by molar-refractivity contribution is -0.114. The van der Waals surface area contributed by atoms with Gasteiger partial charge in [0.25, 0.3) is 0 Å². The summed E-state index contributed by atoms with van der Waals surface area (Å²) < 4.78 is 0. The maximum absolute atomic E-state index is 12.2. The summed E-state index contributed by atoms with van der Waals surface area (Å²) in [5.74, 6) is 3.94. The van der Waals surface area contributed by atoms with E-state index in [9.17, 15) is 9.90 Å². The SMILES string of the molecule is CC(C)[C@@H](C)CC[C@@H](C)[C@H]1CC[C@@H]2c3ccc4c(c3CC[C@@]21C)CCC(=O)/C4=C/O. The monoisotopic (exact) mass is 408 g/mol. The molecule has 4 rings (SSSR count). The molecule has 2 nitrogen and oxygen atoms in total. The highest BCUT2D eigenvalue weighted by Gasteiger charge is 2.51. The zero-order chi connectivity index (χ0) is 21.6. The molecule has 2 heteroatoms. The summed E-state index contributed by atoms with van der Waals surface area (Å²) in [4.78, 5) is 12.2. The molecule has 1 N–H and O–H groups in total. The summed E-state index contributed by atoms with van der Waals surface area (Å²) in [7, 11) is 0. The van der Waals surface area contributed by atoms with E-state index in [1.165, 1.54) is 43.2 Å². The topological polar surface area (TPSA) is 37.3 Å². The molecule has 1 fully saturated rings. The van der Waals surface area contributed by atoms with Crippen LogP contribution in [0.3, 0.4) is 0 Å². The van der Waals surface area contributed by atoms with Crippen LogP contribution in [0.15, 0.2) is 18.4 Å². The van der Waals surface area contributed by atoms with Gasteiger partial charge in [-0.15, -0.1) is 0 Å². The minimum absolute atomic E-state index is 0.0796. The fourth-order valence-corrected chi connectivity index (χ4v) is 7.06. The predicted octanol–water partition coefficient (Wildman–Crippen LogP) is 7.26. The van der Waals surface area contributed by atoms with Crippen LogP contribution in [-0.4, -0.2) is 10.9 Å². The number of carbonyl (C=O) groups excluding carboxylic acids is 1. The van der Waals surface area contributed by atoms with Crippen LogP contribution in [0.5, 0.6) is 0 Å². The van der Waals surface area contributed by atoms with Gasteiger partial charge in [-0.2, -0.15) is 0 Å². The highest BCUT2D eigenvalue weighted by molar-refractivity contribution is 6.22. The van der Waals surface area contributed by atoms with Crippen LogP contribution in [0.1, 0.15) is 101 Å². The predicted molar refractivity (Wildman–Crippen MR) is 125 cm³/mol. The minimum atomic E-state index is 0.0796. The lowest BCUT2D eigenvalue weighted by Gasteiger charge is -2.45. The molecule has 0 radical (unpaired) electrons. The Kier molecular flexibility index (Phi) is 5.90. The summed E-state index contributed by atoms with van der Waals surface area (Å²) in [6.45, 7) is 12.2. The highest BCUT2D eigenvalue weighted by atomic mass is 16.2. The quantitative estimate of drug-likeness (QED) is 0.411. The van der Waals surface area contributed by atoms with Crippen molar-refractivity contribution in [1.29, 1.82) is 0 Å². The van der Waals surface area contributed by atoms with E-state index in [2.05, 4.69) is 46.8 Å². The number of Topliss-reactive ketones (excluding diaryl/α,β-unsaturated/α-hetero) is 1. The Balaban J connectivity index is 1.59. The van der Waals surface area contributed by atoms with Crippen molar-refractivity contribution >= 4 is 11.4 Å². The first-order valence-corrected chi connectivity index (χ1v) is 12.3. The molecule has 3 aliphatic carbocycles. The summed E-state index contributed by atoms with van der Waals surface area (Å²) in [5.41, 5.74) is 6.31. The number of rotatable bonds is 5. The Hall–Kier alpha value is -1.57. The first-order chi connectivity index (χ1) is 14.3. The summed E-state index contributed by atoms with van der Waals surface area (Å²) in [6.07, 6.45) is 10.2.